The van der Waals surface area contributed by atoms with Gasteiger partial charge >= 0.3 is 0 Å². The molecule has 0 aliphatic carbocycles. The Hall–Kier alpha value is -2.87. The molecular formula is C28H29BrFN3O2. The largest absolute Gasteiger partial charge is 0.481 e. The lowest BCUT2D eigenvalue weighted by Crippen LogP contribution is -2.38. The molecule has 0 aliphatic heterocycles. The highest BCUT2D eigenvalue weighted by atomic mass is 79.9. The van der Waals surface area contributed by atoms with Gasteiger partial charge in [0.05, 0.1) is 12.6 Å². The van der Waals surface area contributed by atoms with Crippen molar-refractivity contribution >= 4 is 26.8 Å². The first-order chi connectivity index (χ1) is 16.7. The lowest BCUT2D eigenvalue weighted by Gasteiger charge is -2.38. The van der Waals surface area contributed by atoms with E-state index in [4.69, 9.17) is 9.72 Å². The van der Waals surface area contributed by atoms with Crippen molar-refractivity contribution in [1.82, 2.24) is 14.9 Å². The molecule has 4 aromatic rings. The molecule has 182 valence electrons. The quantitative estimate of drug-likeness (QED) is 0.307. The van der Waals surface area contributed by atoms with Gasteiger partial charge in [-0.3, -0.25) is 4.98 Å². The number of nitrogens with zero attached hydrogens (tertiary/aromatic N) is 3. The topological polar surface area (TPSA) is 58.5 Å². The van der Waals surface area contributed by atoms with E-state index in [1.54, 1.807) is 25.6 Å². The summed E-state index contributed by atoms with van der Waals surface area (Å²) in [5.74, 6) is -0.661. The van der Waals surface area contributed by atoms with E-state index in [0.29, 0.717) is 35.5 Å². The molecular weight excluding hydrogens is 509 g/mol. The van der Waals surface area contributed by atoms with Crippen molar-refractivity contribution in [1.29, 1.82) is 0 Å². The van der Waals surface area contributed by atoms with E-state index in [1.165, 1.54) is 12.1 Å². The Morgan fingerprint density at radius 3 is 2.60 bits per heavy atom. The molecule has 2 aromatic carbocycles. The van der Waals surface area contributed by atoms with Gasteiger partial charge in [0.25, 0.3) is 0 Å². The summed E-state index contributed by atoms with van der Waals surface area (Å²) in [5, 5.41) is 13.5. The van der Waals surface area contributed by atoms with Crippen molar-refractivity contribution in [2.24, 2.45) is 0 Å². The third kappa shape index (κ3) is 5.37. The van der Waals surface area contributed by atoms with E-state index in [9.17, 15) is 9.50 Å². The molecule has 5 nitrogen and oxygen atoms in total. The van der Waals surface area contributed by atoms with E-state index in [1.807, 2.05) is 62.3 Å². The molecule has 2 heterocycles. The second-order valence-corrected chi connectivity index (χ2v) is 10.1. The van der Waals surface area contributed by atoms with Crippen LogP contribution < -0.4 is 4.74 Å². The van der Waals surface area contributed by atoms with Gasteiger partial charge in [-0.15, -0.1) is 0 Å². The number of hydrogen-bond donors (Lipinski definition) is 1. The Morgan fingerprint density at radius 2 is 1.91 bits per heavy atom. The number of hydrogen-bond acceptors (Lipinski definition) is 5. The van der Waals surface area contributed by atoms with Crippen LogP contribution in [0.25, 0.3) is 10.9 Å². The number of aryl methyl sites for hydroxylation is 1. The molecule has 2 atom stereocenters. The number of aliphatic hydroxyl groups is 1. The fraction of sp³-hybridized carbons (Fsp3) is 0.286. The van der Waals surface area contributed by atoms with Gasteiger partial charge in [-0.25, -0.2) is 9.37 Å². The van der Waals surface area contributed by atoms with Crippen molar-refractivity contribution in [2.75, 3.05) is 27.7 Å². The van der Waals surface area contributed by atoms with Gasteiger partial charge in [0.1, 0.15) is 11.4 Å². The molecule has 0 aliphatic rings. The van der Waals surface area contributed by atoms with Crippen LogP contribution in [0, 0.1) is 12.7 Å². The average molecular weight is 538 g/mol. The molecule has 4 rings (SSSR count). The molecule has 2 unspecified atom stereocenters. The van der Waals surface area contributed by atoms with Crippen molar-refractivity contribution in [3.63, 3.8) is 0 Å². The second-order valence-electron chi connectivity index (χ2n) is 9.14. The summed E-state index contributed by atoms with van der Waals surface area (Å²) >= 11 is 3.54. The number of halogens is 2. The minimum Gasteiger partial charge on any atom is -0.481 e. The molecule has 0 spiro atoms. The molecule has 35 heavy (non-hydrogen) atoms. The van der Waals surface area contributed by atoms with Gasteiger partial charge < -0.3 is 14.7 Å². The summed E-state index contributed by atoms with van der Waals surface area (Å²) in [4.78, 5) is 11.1. The normalized spacial score (nSPS) is 14.2. The molecule has 0 saturated heterocycles. The Labute approximate surface area is 213 Å². The fourth-order valence-electron chi connectivity index (χ4n) is 4.56. The zero-order valence-electron chi connectivity index (χ0n) is 20.3. The molecule has 2 aromatic heterocycles. The van der Waals surface area contributed by atoms with Crippen LogP contribution in [0.1, 0.15) is 34.6 Å². The predicted molar refractivity (Wildman–Crippen MR) is 140 cm³/mol. The van der Waals surface area contributed by atoms with Crippen molar-refractivity contribution in [2.45, 2.75) is 24.9 Å². The number of aromatic nitrogens is 2. The summed E-state index contributed by atoms with van der Waals surface area (Å²) < 4.78 is 21.2. The zero-order chi connectivity index (χ0) is 25.2. The number of fused-ring (bicyclic) bond motifs is 1. The maximum atomic E-state index is 14.5. The Balaban J connectivity index is 2.04. The first-order valence-corrected chi connectivity index (χ1v) is 12.2. The molecule has 0 amide bonds. The van der Waals surface area contributed by atoms with E-state index >= 15 is 0 Å². The summed E-state index contributed by atoms with van der Waals surface area (Å²) in [7, 11) is 5.48. The van der Waals surface area contributed by atoms with Gasteiger partial charge in [0, 0.05) is 45.8 Å². The molecule has 0 saturated carbocycles. The maximum Gasteiger partial charge on any atom is 0.217 e. The highest BCUT2D eigenvalue weighted by Gasteiger charge is 2.42. The molecule has 0 bridgehead atoms. The number of ether oxygens (including phenoxy) is 1. The second kappa shape index (κ2) is 10.4. The standard InChI is InChI=1S/C28H29BrFN3O2/c1-18-12-21(17-31-16-18)28(34,10-11-33(2)3)26(19-6-5-7-23(30)14-19)24-15-20-13-22(29)8-9-25(20)32-27(24)35-4/h5-9,12-17,26,34H,10-11H2,1-4H3. The van der Waals surface area contributed by atoms with Crippen LogP contribution in [0.2, 0.25) is 0 Å². The Morgan fingerprint density at radius 1 is 1.11 bits per heavy atom. The van der Waals surface area contributed by atoms with Crippen LogP contribution in [0.4, 0.5) is 4.39 Å². The van der Waals surface area contributed by atoms with Gasteiger partial charge in [0.15, 0.2) is 0 Å². The Bertz CT molecular complexity index is 1350. The minimum absolute atomic E-state index is 0.375. The fourth-order valence-corrected chi connectivity index (χ4v) is 4.93. The minimum atomic E-state index is -1.42. The van der Waals surface area contributed by atoms with Crippen molar-refractivity contribution in [3.05, 3.63) is 99.5 Å². The van der Waals surface area contributed by atoms with Crippen LogP contribution in [0.5, 0.6) is 5.88 Å². The highest BCUT2D eigenvalue weighted by Crippen LogP contribution is 2.47. The van der Waals surface area contributed by atoms with E-state index < -0.39 is 11.5 Å². The third-order valence-electron chi connectivity index (χ3n) is 6.25. The summed E-state index contributed by atoms with van der Waals surface area (Å²) in [6, 6.07) is 16.1. The SMILES string of the molecule is COc1nc2ccc(Br)cc2cc1C(c1cccc(F)c1)C(O)(CCN(C)C)c1cncc(C)c1. The van der Waals surface area contributed by atoms with Crippen LogP contribution in [-0.4, -0.2) is 47.7 Å². The number of methoxy groups -OCH3 is 1. The first-order valence-electron chi connectivity index (χ1n) is 11.4. The smallest absolute Gasteiger partial charge is 0.217 e. The molecule has 1 N–H and O–H groups in total. The average Bonchev–Trinajstić information content (AvgIpc) is 2.82. The summed E-state index contributed by atoms with van der Waals surface area (Å²) in [6.45, 7) is 2.54. The van der Waals surface area contributed by atoms with Crippen molar-refractivity contribution in [3.8, 4) is 5.88 Å². The Kier molecular flexibility index (Phi) is 7.50. The van der Waals surface area contributed by atoms with Crippen LogP contribution in [0.15, 0.2) is 71.5 Å². The number of pyridine rings is 2. The summed E-state index contributed by atoms with van der Waals surface area (Å²) in [6.07, 6.45) is 3.82. The van der Waals surface area contributed by atoms with E-state index in [0.717, 1.165) is 20.9 Å². The zero-order valence-corrected chi connectivity index (χ0v) is 21.9. The number of benzene rings is 2. The van der Waals surface area contributed by atoms with Gasteiger partial charge in [-0.1, -0.05) is 34.1 Å². The van der Waals surface area contributed by atoms with Gasteiger partial charge in [-0.2, -0.15) is 0 Å². The lowest BCUT2D eigenvalue weighted by atomic mass is 9.72. The van der Waals surface area contributed by atoms with Gasteiger partial charge in [-0.05, 0) is 75.0 Å². The van der Waals surface area contributed by atoms with Crippen LogP contribution >= 0.6 is 15.9 Å². The lowest BCUT2D eigenvalue weighted by molar-refractivity contribution is 0.00339. The number of rotatable bonds is 8. The summed E-state index contributed by atoms with van der Waals surface area (Å²) in [5.41, 5.74) is 2.22. The molecule has 7 heteroatoms. The maximum absolute atomic E-state index is 14.5. The van der Waals surface area contributed by atoms with E-state index in [2.05, 4.69) is 20.9 Å². The monoisotopic (exact) mass is 537 g/mol. The van der Waals surface area contributed by atoms with Crippen LogP contribution in [0.3, 0.4) is 0 Å². The predicted octanol–water partition coefficient (Wildman–Crippen LogP) is 5.82. The van der Waals surface area contributed by atoms with Crippen LogP contribution in [-0.2, 0) is 5.60 Å². The first kappa shape index (κ1) is 25.2. The van der Waals surface area contributed by atoms with E-state index in [-0.39, 0.29) is 5.82 Å². The molecule has 0 fully saturated rings. The third-order valence-corrected chi connectivity index (χ3v) is 6.74. The molecule has 0 radical (unpaired) electrons. The van der Waals surface area contributed by atoms with Gasteiger partial charge in [0.2, 0.25) is 5.88 Å². The highest BCUT2D eigenvalue weighted by molar-refractivity contribution is 9.10. The van der Waals surface area contributed by atoms with Crippen molar-refractivity contribution < 1.29 is 14.2 Å².